The van der Waals surface area contributed by atoms with Crippen molar-refractivity contribution in [1.29, 1.82) is 0 Å². The fraction of sp³-hybridized carbons (Fsp3) is 0.312. The molecular formula is C16H17N5O. The molecule has 6 heteroatoms. The molecule has 1 atom stereocenters. The number of benzene rings is 1. The molecule has 1 saturated heterocycles. The molecule has 2 aromatic heterocycles. The number of likely N-dealkylation sites (tertiary alicyclic amines) is 1. The molecule has 1 amide bonds. The van der Waals surface area contributed by atoms with Crippen LogP contribution in [0.25, 0.3) is 10.9 Å². The van der Waals surface area contributed by atoms with Crippen molar-refractivity contribution in [3.63, 3.8) is 0 Å². The van der Waals surface area contributed by atoms with E-state index in [9.17, 15) is 4.79 Å². The monoisotopic (exact) mass is 295 g/mol. The Kier molecular flexibility index (Phi) is 3.14. The van der Waals surface area contributed by atoms with Crippen LogP contribution in [0.2, 0.25) is 0 Å². The quantitative estimate of drug-likeness (QED) is 0.788. The van der Waals surface area contributed by atoms with Crippen LogP contribution in [-0.2, 0) is 0 Å². The van der Waals surface area contributed by atoms with Crippen molar-refractivity contribution in [2.24, 2.45) is 0 Å². The third-order valence-corrected chi connectivity index (χ3v) is 4.35. The Morgan fingerprint density at radius 1 is 1.36 bits per heavy atom. The van der Waals surface area contributed by atoms with Gasteiger partial charge in [0.15, 0.2) is 0 Å². The highest BCUT2D eigenvalue weighted by atomic mass is 16.2. The van der Waals surface area contributed by atoms with Gasteiger partial charge in [-0.15, -0.1) is 0 Å². The minimum atomic E-state index is 0.0804. The van der Waals surface area contributed by atoms with Crippen LogP contribution >= 0.6 is 0 Å². The van der Waals surface area contributed by atoms with Gasteiger partial charge < -0.3 is 9.47 Å². The topological polar surface area (TPSA) is 66.8 Å². The lowest BCUT2D eigenvalue weighted by atomic mass is 10.0. The van der Waals surface area contributed by atoms with E-state index in [0.717, 1.165) is 42.4 Å². The summed E-state index contributed by atoms with van der Waals surface area (Å²) >= 11 is 0. The summed E-state index contributed by atoms with van der Waals surface area (Å²) in [6, 6.07) is 6.01. The van der Waals surface area contributed by atoms with E-state index >= 15 is 0 Å². The molecule has 0 aliphatic carbocycles. The van der Waals surface area contributed by atoms with E-state index < -0.39 is 0 Å². The molecule has 0 radical (unpaired) electrons. The number of rotatable bonds is 2. The minimum Gasteiger partial charge on any atom is -0.337 e. The van der Waals surface area contributed by atoms with Crippen molar-refractivity contribution in [2.75, 3.05) is 13.1 Å². The number of nitrogens with one attached hydrogen (secondary N) is 1. The van der Waals surface area contributed by atoms with Gasteiger partial charge in [0, 0.05) is 30.9 Å². The Balaban J connectivity index is 1.61. The molecule has 1 aliphatic rings. The molecule has 6 nitrogen and oxygen atoms in total. The Labute approximate surface area is 127 Å². The van der Waals surface area contributed by atoms with E-state index in [1.54, 1.807) is 12.4 Å². The zero-order valence-corrected chi connectivity index (χ0v) is 12.1. The summed E-state index contributed by atoms with van der Waals surface area (Å²) in [4.78, 5) is 18.9. The summed E-state index contributed by atoms with van der Waals surface area (Å²) < 4.78 is 2.10. The van der Waals surface area contributed by atoms with Crippen LogP contribution in [0, 0.1) is 0 Å². The van der Waals surface area contributed by atoms with Crippen molar-refractivity contribution in [3.8, 4) is 0 Å². The maximum Gasteiger partial charge on any atom is 0.254 e. The number of H-pyrrole nitrogens is 1. The second-order valence-electron chi connectivity index (χ2n) is 5.69. The van der Waals surface area contributed by atoms with Crippen molar-refractivity contribution >= 4 is 16.8 Å². The molecule has 3 aromatic rings. The molecule has 1 fully saturated rings. The number of imidazole rings is 1. The first-order valence-electron chi connectivity index (χ1n) is 7.52. The predicted molar refractivity (Wildman–Crippen MR) is 82.5 cm³/mol. The highest BCUT2D eigenvalue weighted by Crippen LogP contribution is 2.24. The molecule has 0 spiro atoms. The summed E-state index contributed by atoms with van der Waals surface area (Å²) in [6.07, 6.45) is 9.39. The predicted octanol–water partition coefficient (Wildman–Crippen LogP) is 2.24. The molecule has 22 heavy (non-hydrogen) atoms. The van der Waals surface area contributed by atoms with Gasteiger partial charge in [-0.3, -0.25) is 9.89 Å². The summed E-state index contributed by atoms with van der Waals surface area (Å²) in [5, 5.41) is 7.84. The standard InChI is InChI=1S/C16H17N5O/c22-16(13-4-1-5-15-14(13)9-18-19-15)20-7-2-3-12(10-20)21-8-6-17-11-21/h1,4-6,8-9,11-12H,2-3,7,10H2,(H,18,19)/t12-/m0/s1. The molecule has 3 heterocycles. The van der Waals surface area contributed by atoms with Gasteiger partial charge in [-0.25, -0.2) is 4.98 Å². The number of carbonyl (C=O) groups excluding carboxylic acids is 1. The highest BCUT2D eigenvalue weighted by molar-refractivity contribution is 6.06. The van der Waals surface area contributed by atoms with E-state index in [-0.39, 0.29) is 5.91 Å². The van der Waals surface area contributed by atoms with Gasteiger partial charge >= 0.3 is 0 Å². The smallest absolute Gasteiger partial charge is 0.254 e. The van der Waals surface area contributed by atoms with E-state index in [2.05, 4.69) is 19.7 Å². The third-order valence-electron chi connectivity index (χ3n) is 4.35. The number of aromatic amines is 1. The van der Waals surface area contributed by atoms with Crippen LogP contribution in [0.5, 0.6) is 0 Å². The number of hydrogen-bond acceptors (Lipinski definition) is 3. The first-order chi connectivity index (χ1) is 10.8. The maximum absolute atomic E-state index is 12.9. The lowest BCUT2D eigenvalue weighted by molar-refractivity contribution is 0.0681. The number of hydrogen-bond donors (Lipinski definition) is 1. The van der Waals surface area contributed by atoms with Gasteiger partial charge in [-0.05, 0) is 25.0 Å². The minimum absolute atomic E-state index is 0.0804. The molecule has 1 aromatic carbocycles. The van der Waals surface area contributed by atoms with Gasteiger partial charge in [-0.1, -0.05) is 6.07 Å². The first kappa shape index (κ1) is 13.1. The van der Waals surface area contributed by atoms with Crippen molar-refractivity contribution in [2.45, 2.75) is 18.9 Å². The van der Waals surface area contributed by atoms with Crippen LogP contribution in [0.3, 0.4) is 0 Å². The fourth-order valence-electron chi connectivity index (χ4n) is 3.19. The lowest BCUT2D eigenvalue weighted by Crippen LogP contribution is -2.40. The Hall–Kier alpha value is -2.63. The zero-order valence-electron chi connectivity index (χ0n) is 12.1. The number of nitrogens with zero attached hydrogens (tertiary/aromatic N) is 4. The van der Waals surface area contributed by atoms with Crippen LogP contribution in [0.1, 0.15) is 29.2 Å². The molecular weight excluding hydrogens is 278 g/mol. The maximum atomic E-state index is 12.9. The molecule has 0 unspecified atom stereocenters. The van der Waals surface area contributed by atoms with Crippen LogP contribution in [0.15, 0.2) is 43.1 Å². The Morgan fingerprint density at radius 2 is 2.32 bits per heavy atom. The average Bonchev–Trinajstić information content (AvgIpc) is 3.25. The highest BCUT2D eigenvalue weighted by Gasteiger charge is 2.26. The molecule has 4 rings (SSSR count). The number of piperidine rings is 1. The SMILES string of the molecule is O=C(c1cccc2[nH]ncc12)N1CCC[C@H](n2ccnc2)C1. The van der Waals surface area contributed by atoms with Gasteiger partial charge in [0.05, 0.1) is 29.6 Å². The number of carbonyl (C=O) groups is 1. The Morgan fingerprint density at radius 3 is 3.18 bits per heavy atom. The van der Waals surface area contributed by atoms with Gasteiger partial charge in [0.25, 0.3) is 5.91 Å². The van der Waals surface area contributed by atoms with Gasteiger partial charge in [0.2, 0.25) is 0 Å². The Bertz CT molecular complexity index is 792. The van der Waals surface area contributed by atoms with E-state index in [4.69, 9.17) is 0 Å². The van der Waals surface area contributed by atoms with E-state index in [1.165, 1.54) is 0 Å². The number of amides is 1. The lowest BCUT2D eigenvalue weighted by Gasteiger charge is -2.33. The second kappa shape index (κ2) is 5.29. The van der Waals surface area contributed by atoms with Crippen LogP contribution < -0.4 is 0 Å². The number of fused-ring (bicyclic) bond motifs is 1. The first-order valence-corrected chi connectivity index (χ1v) is 7.52. The molecule has 1 N–H and O–H groups in total. The van der Waals surface area contributed by atoms with Crippen LogP contribution in [-0.4, -0.2) is 43.6 Å². The average molecular weight is 295 g/mol. The van der Waals surface area contributed by atoms with Crippen LogP contribution in [0.4, 0.5) is 0 Å². The summed E-state index contributed by atoms with van der Waals surface area (Å²) in [6.45, 7) is 1.53. The van der Waals surface area contributed by atoms with Crippen molar-refractivity contribution in [1.82, 2.24) is 24.6 Å². The van der Waals surface area contributed by atoms with Crippen molar-refractivity contribution < 1.29 is 4.79 Å². The van der Waals surface area contributed by atoms with E-state index in [1.807, 2.05) is 35.6 Å². The summed E-state index contributed by atoms with van der Waals surface area (Å²) in [5.74, 6) is 0.0804. The number of aromatic nitrogens is 4. The second-order valence-corrected chi connectivity index (χ2v) is 5.69. The fourth-order valence-corrected chi connectivity index (χ4v) is 3.19. The normalized spacial score (nSPS) is 18.7. The molecule has 112 valence electrons. The molecule has 1 aliphatic heterocycles. The molecule has 0 saturated carbocycles. The van der Waals surface area contributed by atoms with Gasteiger partial charge in [-0.2, -0.15) is 5.10 Å². The van der Waals surface area contributed by atoms with Gasteiger partial charge in [0.1, 0.15) is 0 Å². The summed E-state index contributed by atoms with van der Waals surface area (Å²) in [7, 11) is 0. The van der Waals surface area contributed by atoms with E-state index in [0.29, 0.717) is 6.04 Å². The zero-order chi connectivity index (χ0) is 14.9. The molecule has 0 bridgehead atoms. The largest absolute Gasteiger partial charge is 0.337 e. The summed E-state index contributed by atoms with van der Waals surface area (Å²) in [5.41, 5.74) is 1.62. The van der Waals surface area contributed by atoms with Crippen molar-refractivity contribution in [3.05, 3.63) is 48.7 Å². The third kappa shape index (κ3) is 2.16.